The fourth-order valence-electron chi connectivity index (χ4n) is 2.48. The van der Waals surface area contributed by atoms with Crippen LogP contribution in [0.15, 0.2) is 12.1 Å². The average Bonchev–Trinajstić information content (AvgIpc) is 2.44. The molecule has 1 heterocycles. The largest absolute Gasteiger partial charge is 0.385 e. The zero-order chi connectivity index (χ0) is 17.9. The molecule has 2 rings (SSSR count). The number of benzene rings is 1. The van der Waals surface area contributed by atoms with Crippen LogP contribution in [0.2, 0.25) is 0 Å². The fraction of sp³-hybridized carbons (Fsp3) is 0.429. The Morgan fingerprint density at radius 2 is 1.88 bits per heavy atom. The van der Waals surface area contributed by atoms with Crippen LogP contribution in [0.4, 0.5) is 14.5 Å². The van der Waals surface area contributed by atoms with Gasteiger partial charge in [0, 0.05) is 24.2 Å². The minimum Gasteiger partial charge on any atom is -0.385 e. The first-order valence-electron chi connectivity index (χ1n) is 7.19. The summed E-state index contributed by atoms with van der Waals surface area (Å²) in [5.41, 5.74) is -0.320. The molecule has 0 saturated carbocycles. The Bertz CT molecular complexity index is 743. The van der Waals surface area contributed by atoms with Crippen LogP contribution in [-0.2, 0) is 19.7 Å². The lowest BCUT2D eigenvalue weighted by molar-refractivity contribution is -0.134. The van der Waals surface area contributed by atoms with Crippen molar-refractivity contribution >= 4 is 27.6 Å². The topological polar surface area (TPSA) is 113 Å². The number of piperidine rings is 1. The maximum absolute atomic E-state index is 14.2. The van der Waals surface area contributed by atoms with E-state index in [-0.39, 0.29) is 31.5 Å². The highest BCUT2D eigenvalue weighted by atomic mass is 32.2. The number of rotatable bonds is 6. The highest BCUT2D eigenvalue weighted by Gasteiger charge is 2.32. The first kappa shape index (κ1) is 18.3. The molecule has 24 heavy (non-hydrogen) atoms. The predicted molar refractivity (Wildman–Crippen MR) is 81.0 cm³/mol. The third kappa shape index (κ3) is 4.71. The average molecular weight is 362 g/mol. The summed E-state index contributed by atoms with van der Waals surface area (Å²) >= 11 is 0. The quantitative estimate of drug-likeness (QED) is 0.398. The van der Waals surface area contributed by atoms with Gasteiger partial charge in [-0.3, -0.25) is 19.5 Å². The molecule has 0 aliphatic carbocycles. The summed E-state index contributed by atoms with van der Waals surface area (Å²) in [5, 5.41) is 4.68. The molecule has 0 bridgehead atoms. The zero-order valence-electron chi connectivity index (χ0n) is 12.5. The second-order valence-electron chi connectivity index (χ2n) is 5.42. The number of amides is 2. The molecular weight excluding hydrogens is 346 g/mol. The summed E-state index contributed by atoms with van der Waals surface area (Å²) in [4.78, 5) is 22.8. The normalized spacial score (nSPS) is 18.4. The minimum absolute atomic E-state index is 0.00488. The van der Waals surface area contributed by atoms with E-state index in [1.807, 2.05) is 5.32 Å². The van der Waals surface area contributed by atoms with Crippen LogP contribution in [0.5, 0.6) is 0 Å². The van der Waals surface area contributed by atoms with Gasteiger partial charge < -0.3 is 5.32 Å². The molecule has 1 saturated heterocycles. The van der Waals surface area contributed by atoms with Gasteiger partial charge >= 0.3 is 0 Å². The van der Waals surface area contributed by atoms with Crippen molar-refractivity contribution in [1.29, 1.82) is 0 Å². The lowest BCUT2D eigenvalue weighted by Crippen LogP contribution is -2.40. The zero-order valence-corrected chi connectivity index (χ0v) is 13.3. The first-order chi connectivity index (χ1) is 11.2. The molecule has 1 aliphatic rings. The number of hydrogen-bond donors (Lipinski definition) is 3. The molecule has 0 aromatic heterocycles. The lowest BCUT2D eigenvalue weighted by Gasteiger charge is -2.22. The minimum atomic E-state index is -4.09. The Labute approximate surface area is 137 Å². The number of nitrogens with one attached hydrogen (secondary N) is 2. The summed E-state index contributed by atoms with van der Waals surface area (Å²) in [7, 11) is -4.09. The summed E-state index contributed by atoms with van der Waals surface area (Å²) in [6, 6.07) is 1.99. The molecule has 3 N–H and O–H groups in total. The smallest absolute Gasteiger partial charge is 0.264 e. The third-order valence-electron chi connectivity index (χ3n) is 3.57. The molecule has 1 aromatic carbocycles. The van der Waals surface area contributed by atoms with Gasteiger partial charge in [0.25, 0.3) is 10.1 Å². The molecule has 0 spiro atoms. The Kier molecular flexibility index (Phi) is 5.50. The van der Waals surface area contributed by atoms with Crippen LogP contribution in [0.1, 0.15) is 30.7 Å². The number of carbonyl (C=O) groups is 2. The van der Waals surface area contributed by atoms with Crippen molar-refractivity contribution in [1.82, 2.24) is 5.32 Å². The molecule has 1 fully saturated rings. The van der Waals surface area contributed by atoms with Crippen molar-refractivity contribution in [2.45, 2.75) is 25.2 Å². The van der Waals surface area contributed by atoms with Gasteiger partial charge in [0.1, 0.15) is 11.6 Å². The van der Waals surface area contributed by atoms with E-state index in [0.29, 0.717) is 0 Å². The van der Waals surface area contributed by atoms with Crippen LogP contribution in [0.3, 0.4) is 0 Å². The molecule has 1 aromatic rings. The van der Waals surface area contributed by atoms with E-state index in [1.54, 1.807) is 0 Å². The predicted octanol–water partition coefficient (Wildman–Crippen LogP) is 1.17. The van der Waals surface area contributed by atoms with Crippen LogP contribution >= 0.6 is 0 Å². The van der Waals surface area contributed by atoms with Gasteiger partial charge in [0.2, 0.25) is 11.8 Å². The van der Waals surface area contributed by atoms with Gasteiger partial charge in [-0.25, -0.2) is 8.78 Å². The van der Waals surface area contributed by atoms with Crippen LogP contribution in [0.25, 0.3) is 0 Å². The number of halogens is 2. The van der Waals surface area contributed by atoms with E-state index >= 15 is 0 Å². The van der Waals surface area contributed by atoms with Crippen molar-refractivity contribution in [3.8, 4) is 0 Å². The SMILES string of the molecule is O=C1CCC(c2c(F)cc(NCCCS(=O)(=O)O)cc2F)C(=O)N1. The summed E-state index contributed by atoms with van der Waals surface area (Å²) in [6.07, 6.45) is 0.0848. The number of carbonyl (C=O) groups excluding carboxylic acids is 2. The molecule has 7 nitrogen and oxygen atoms in total. The van der Waals surface area contributed by atoms with E-state index in [1.165, 1.54) is 0 Å². The van der Waals surface area contributed by atoms with Crippen molar-refractivity contribution in [3.05, 3.63) is 29.3 Å². The molecule has 0 radical (unpaired) electrons. The molecule has 1 atom stereocenters. The van der Waals surface area contributed by atoms with Gasteiger partial charge in [-0.2, -0.15) is 8.42 Å². The molecule has 10 heteroatoms. The number of hydrogen-bond acceptors (Lipinski definition) is 5. The third-order valence-corrected chi connectivity index (χ3v) is 4.38. The monoisotopic (exact) mass is 362 g/mol. The Morgan fingerprint density at radius 1 is 1.25 bits per heavy atom. The maximum atomic E-state index is 14.2. The summed E-state index contributed by atoms with van der Waals surface area (Å²) in [5.74, 6) is -4.62. The van der Waals surface area contributed by atoms with Gasteiger partial charge in [0.05, 0.1) is 11.7 Å². The van der Waals surface area contributed by atoms with E-state index in [9.17, 15) is 26.8 Å². The van der Waals surface area contributed by atoms with E-state index in [0.717, 1.165) is 12.1 Å². The van der Waals surface area contributed by atoms with Crippen molar-refractivity contribution < 1.29 is 31.3 Å². The number of anilines is 1. The first-order valence-corrected chi connectivity index (χ1v) is 8.80. The van der Waals surface area contributed by atoms with Crippen LogP contribution in [0, 0.1) is 11.6 Å². The van der Waals surface area contributed by atoms with Crippen molar-refractivity contribution in [3.63, 3.8) is 0 Å². The highest BCUT2D eigenvalue weighted by molar-refractivity contribution is 7.85. The fourth-order valence-corrected chi connectivity index (χ4v) is 2.98. The van der Waals surface area contributed by atoms with Gasteiger partial charge in [-0.15, -0.1) is 0 Å². The van der Waals surface area contributed by atoms with Crippen molar-refractivity contribution in [2.24, 2.45) is 0 Å². The molecule has 1 aliphatic heterocycles. The second kappa shape index (κ2) is 7.22. The highest BCUT2D eigenvalue weighted by Crippen LogP contribution is 2.31. The van der Waals surface area contributed by atoms with Crippen LogP contribution in [-0.4, -0.2) is 37.1 Å². The Morgan fingerprint density at radius 3 is 2.42 bits per heavy atom. The molecule has 2 amide bonds. The van der Waals surface area contributed by atoms with E-state index in [2.05, 4.69) is 5.32 Å². The molecular formula is C14H16F2N2O5S. The summed E-state index contributed by atoms with van der Waals surface area (Å²) < 4.78 is 58.1. The molecule has 132 valence electrons. The second-order valence-corrected chi connectivity index (χ2v) is 7.00. The van der Waals surface area contributed by atoms with Gasteiger partial charge in [-0.05, 0) is 25.0 Å². The van der Waals surface area contributed by atoms with Gasteiger partial charge in [-0.1, -0.05) is 0 Å². The van der Waals surface area contributed by atoms with E-state index < -0.39 is 50.8 Å². The van der Waals surface area contributed by atoms with Gasteiger partial charge in [0.15, 0.2) is 0 Å². The van der Waals surface area contributed by atoms with E-state index in [4.69, 9.17) is 4.55 Å². The van der Waals surface area contributed by atoms with Crippen LogP contribution < -0.4 is 10.6 Å². The summed E-state index contributed by atoms with van der Waals surface area (Å²) in [6.45, 7) is 0.0798. The Hall–Kier alpha value is -2.07. The molecule has 1 unspecified atom stereocenters. The standard InChI is InChI=1S/C14H16F2N2O5S/c15-10-6-8(17-4-1-5-24(21,22)23)7-11(16)13(10)9-2-3-12(19)18-14(9)20/h6-7,9,17H,1-5H2,(H,18,19,20)(H,21,22,23). The Balaban J connectivity index is 2.08. The number of imide groups is 1. The maximum Gasteiger partial charge on any atom is 0.264 e. The lowest BCUT2D eigenvalue weighted by atomic mass is 9.89. The van der Waals surface area contributed by atoms with Crippen molar-refractivity contribution in [2.75, 3.05) is 17.6 Å².